The van der Waals surface area contributed by atoms with Crippen LogP contribution >= 0.6 is 0 Å². The van der Waals surface area contributed by atoms with E-state index in [9.17, 15) is 8.42 Å². The lowest BCUT2D eigenvalue weighted by Crippen LogP contribution is -2.23. The van der Waals surface area contributed by atoms with Crippen LogP contribution in [0.15, 0.2) is 17.3 Å². The highest BCUT2D eigenvalue weighted by atomic mass is 32.2. The molecule has 1 aliphatic rings. The van der Waals surface area contributed by atoms with Crippen LogP contribution in [0.2, 0.25) is 0 Å². The summed E-state index contributed by atoms with van der Waals surface area (Å²) < 4.78 is 30.6. The molecule has 0 atom stereocenters. The van der Waals surface area contributed by atoms with Crippen molar-refractivity contribution in [2.24, 2.45) is 5.16 Å². The molecule has 1 heterocycles. The molecule has 0 radical (unpaired) electrons. The van der Waals surface area contributed by atoms with Crippen molar-refractivity contribution in [3.05, 3.63) is 28.8 Å². The number of rotatable bonds is 4. The Labute approximate surface area is 132 Å². The highest BCUT2D eigenvalue weighted by molar-refractivity contribution is 8.05. The summed E-state index contributed by atoms with van der Waals surface area (Å²) in [4.78, 5) is 5.17. The summed E-state index contributed by atoms with van der Waals surface area (Å²) in [7, 11) is -3.46. The summed E-state index contributed by atoms with van der Waals surface area (Å²) in [5.41, 5.74) is 2.05. The first-order valence-electron chi connectivity index (χ1n) is 7.35. The number of hydrogen-bond acceptors (Lipinski definition) is 5. The first-order chi connectivity index (χ1) is 10.1. The predicted octanol–water partition coefficient (Wildman–Crippen LogP) is 3.13. The van der Waals surface area contributed by atoms with E-state index in [1.54, 1.807) is 0 Å². The zero-order valence-electron chi connectivity index (χ0n) is 13.8. The molecule has 1 aromatic rings. The van der Waals surface area contributed by atoms with Crippen molar-refractivity contribution in [3.8, 4) is 5.75 Å². The summed E-state index contributed by atoms with van der Waals surface area (Å²) in [5, 5.41) is 3.89. The third kappa shape index (κ3) is 3.61. The maximum absolute atomic E-state index is 12.5. The van der Waals surface area contributed by atoms with Crippen molar-refractivity contribution >= 4 is 14.9 Å². The minimum absolute atomic E-state index is 0.0651. The maximum Gasteiger partial charge on any atom is 0.199 e. The van der Waals surface area contributed by atoms with Gasteiger partial charge >= 0.3 is 0 Å². The topological polar surface area (TPSA) is 65.0 Å². The highest BCUT2D eigenvalue weighted by Gasteiger charge is 2.36. The fourth-order valence-corrected chi connectivity index (χ4v) is 3.98. The van der Waals surface area contributed by atoms with Crippen LogP contribution in [-0.4, -0.2) is 25.7 Å². The van der Waals surface area contributed by atoms with Crippen molar-refractivity contribution in [2.75, 3.05) is 6.61 Å². The summed E-state index contributed by atoms with van der Waals surface area (Å²) >= 11 is 0. The van der Waals surface area contributed by atoms with E-state index in [-0.39, 0.29) is 10.8 Å². The van der Waals surface area contributed by atoms with Crippen LogP contribution < -0.4 is 4.74 Å². The van der Waals surface area contributed by atoms with Gasteiger partial charge in [-0.1, -0.05) is 11.2 Å². The van der Waals surface area contributed by atoms with Crippen molar-refractivity contribution in [3.63, 3.8) is 0 Å². The molecule has 122 valence electrons. The van der Waals surface area contributed by atoms with Gasteiger partial charge in [0.2, 0.25) is 0 Å². The molecule has 1 aromatic carbocycles. The molecule has 0 fully saturated rings. The molecule has 0 bridgehead atoms. The van der Waals surface area contributed by atoms with Gasteiger partial charge in [0.05, 0.1) is 12.4 Å². The predicted molar refractivity (Wildman–Crippen MR) is 86.9 cm³/mol. The fraction of sp³-hybridized carbons (Fsp3) is 0.562. The molecule has 2 rings (SSSR count). The van der Waals surface area contributed by atoms with E-state index in [2.05, 4.69) is 5.16 Å². The van der Waals surface area contributed by atoms with E-state index in [1.807, 2.05) is 46.8 Å². The second-order valence-electron chi connectivity index (χ2n) is 6.25. The number of nitrogens with zero attached hydrogens (tertiary/aromatic N) is 1. The maximum atomic E-state index is 12.5. The van der Waals surface area contributed by atoms with Crippen molar-refractivity contribution in [1.29, 1.82) is 0 Å². The Morgan fingerprint density at radius 2 is 1.95 bits per heavy atom. The lowest BCUT2D eigenvalue weighted by Gasteiger charge is -2.14. The van der Waals surface area contributed by atoms with Crippen molar-refractivity contribution in [1.82, 2.24) is 0 Å². The molecule has 0 N–H and O–H groups in total. The Balaban J connectivity index is 2.25. The zero-order chi connectivity index (χ0) is 16.5. The van der Waals surface area contributed by atoms with E-state index < -0.39 is 15.4 Å². The largest absolute Gasteiger partial charge is 0.494 e. The minimum atomic E-state index is -3.46. The van der Waals surface area contributed by atoms with Gasteiger partial charge in [0.15, 0.2) is 14.9 Å². The van der Waals surface area contributed by atoms with Gasteiger partial charge in [0.25, 0.3) is 0 Å². The lowest BCUT2D eigenvalue weighted by atomic mass is 10.1. The number of hydrogen-bond donors (Lipinski definition) is 0. The number of benzene rings is 1. The minimum Gasteiger partial charge on any atom is -0.494 e. The second kappa shape index (κ2) is 5.91. The monoisotopic (exact) mass is 325 g/mol. The summed E-state index contributed by atoms with van der Waals surface area (Å²) in [6.07, 6.45) is 0.310. The van der Waals surface area contributed by atoms with E-state index in [0.717, 1.165) is 22.4 Å². The Kier molecular flexibility index (Phi) is 4.52. The van der Waals surface area contributed by atoms with Gasteiger partial charge in [-0.05, 0) is 57.4 Å². The van der Waals surface area contributed by atoms with Gasteiger partial charge in [-0.25, -0.2) is 8.42 Å². The molecule has 6 heteroatoms. The summed E-state index contributed by atoms with van der Waals surface area (Å²) in [6.45, 7) is 9.97. The number of sulfone groups is 1. The SMILES string of the molecule is CCOc1cc(C)c(CS(=O)(=O)C2=NOC(C)(C)C2)cc1C. The van der Waals surface area contributed by atoms with Gasteiger partial charge in [-0.15, -0.1) is 0 Å². The Hall–Kier alpha value is -1.56. The molecule has 0 saturated carbocycles. The van der Waals surface area contributed by atoms with Crippen LogP contribution in [-0.2, 0) is 20.4 Å². The van der Waals surface area contributed by atoms with Crippen LogP contribution in [0.1, 0.15) is 43.9 Å². The average Bonchev–Trinajstić information content (AvgIpc) is 2.77. The second-order valence-corrected chi connectivity index (χ2v) is 8.24. The molecular formula is C16H23NO4S. The lowest BCUT2D eigenvalue weighted by molar-refractivity contribution is 0.0123. The number of oxime groups is 1. The van der Waals surface area contributed by atoms with Crippen molar-refractivity contribution in [2.45, 2.75) is 52.4 Å². The molecule has 1 aliphatic heterocycles. The standard InChI is InChI=1S/C16H23NO4S/c1-6-20-14-8-11(2)13(7-12(14)3)10-22(18,19)15-9-16(4,5)21-17-15/h7-8H,6,9-10H2,1-5H3. The zero-order valence-corrected chi connectivity index (χ0v) is 14.6. The van der Waals surface area contributed by atoms with Gasteiger partial charge in [0.1, 0.15) is 11.4 Å². The Bertz CT molecular complexity index is 705. The first-order valence-corrected chi connectivity index (χ1v) is 9.00. The summed E-state index contributed by atoms with van der Waals surface area (Å²) in [5.74, 6) is 0.730. The van der Waals surface area contributed by atoms with Crippen LogP contribution in [0, 0.1) is 13.8 Å². The number of aryl methyl sites for hydroxylation is 2. The Morgan fingerprint density at radius 3 is 2.50 bits per heavy atom. The average molecular weight is 325 g/mol. The van der Waals surface area contributed by atoms with E-state index in [0.29, 0.717) is 13.0 Å². The van der Waals surface area contributed by atoms with Crippen molar-refractivity contribution < 1.29 is 18.0 Å². The molecule has 22 heavy (non-hydrogen) atoms. The summed E-state index contributed by atoms with van der Waals surface area (Å²) in [6, 6.07) is 3.76. The van der Waals surface area contributed by atoms with E-state index >= 15 is 0 Å². The molecule has 0 unspecified atom stereocenters. The fourth-order valence-electron chi connectivity index (χ4n) is 2.37. The van der Waals surface area contributed by atoms with Gasteiger partial charge in [-0.2, -0.15) is 0 Å². The molecule has 0 aliphatic carbocycles. The Morgan fingerprint density at radius 1 is 1.27 bits per heavy atom. The first kappa shape index (κ1) is 16.8. The molecule has 0 aromatic heterocycles. The number of ether oxygens (including phenoxy) is 1. The molecule has 0 saturated heterocycles. The van der Waals surface area contributed by atoms with Crippen LogP contribution in [0.3, 0.4) is 0 Å². The van der Waals surface area contributed by atoms with Crippen LogP contribution in [0.25, 0.3) is 0 Å². The molecule has 0 amide bonds. The third-order valence-electron chi connectivity index (χ3n) is 3.61. The smallest absolute Gasteiger partial charge is 0.199 e. The van der Waals surface area contributed by atoms with E-state index in [4.69, 9.17) is 9.57 Å². The van der Waals surface area contributed by atoms with Gasteiger partial charge < -0.3 is 9.57 Å². The van der Waals surface area contributed by atoms with Crippen LogP contribution in [0.5, 0.6) is 5.75 Å². The highest BCUT2D eigenvalue weighted by Crippen LogP contribution is 2.28. The van der Waals surface area contributed by atoms with Crippen LogP contribution in [0.4, 0.5) is 0 Å². The van der Waals surface area contributed by atoms with E-state index in [1.165, 1.54) is 0 Å². The quantitative estimate of drug-likeness (QED) is 0.853. The molecular weight excluding hydrogens is 302 g/mol. The third-order valence-corrected chi connectivity index (χ3v) is 5.24. The van der Waals surface area contributed by atoms with Gasteiger partial charge in [0, 0.05) is 6.42 Å². The molecule has 0 spiro atoms. The van der Waals surface area contributed by atoms with Gasteiger partial charge in [-0.3, -0.25) is 0 Å². The molecule has 5 nitrogen and oxygen atoms in total. The normalized spacial score (nSPS) is 17.0.